The van der Waals surface area contributed by atoms with Gasteiger partial charge >= 0.3 is 0 Å². The largest absolute Gasteiger partial charge is 0.338 e. The van der Waals surface area contributed by atoms with Crippen LogP contribution in [0, 0.1) is 12.8 Å². The molecular formula is C29H29BrN4O2S. The molecule has 1 N–H and O–H groups in total. The summed E-state index contributed by atoms with van der Waals surface area (Å²) in [6.45, 7) is 4.17. The fraction of sp³-hybridized carbons (Fsp3) is 0.276. The molecular weight excluding hydrogens is 548 g/mol. The Kier molecular flexibility index (Phi) is 8.38. The molecule has 1 fully saturated rings. The number of benzene rings is 3. The molecule has 0 radical (unpaired) electrons. The van der Waals surface area contributed by atoms with Crippen molar-refractivity contribution in [1.82, 2.24) is 15.0 Å². The maximum atomic E-state index is 13.1. The van der Waals surface area contributed by atoms with Gasteiger partial charge in [-0.05, 0) is 67.8 Å². The van der Waals surface area contributed by atoms with Crippen molar-refractivity contribution < 1.29 is 9.32 Å². The van der Waals surface area contributed by atoms with Gasteiger partial charge in [0.15, 0.2) is 0 Å². The second-order valence-electron chi connectivity index (χ2n) is 9.34. The molecule has 4 aromatic rings. The third-order valence-corrected chi connectivity index (χ3v) is 8.06. The minimum atomic E-state index is -0.0751. The van der Waals surface area contributed by atoms with Gasteiger partial charge < -0.3 is 9.84 Å². The van der Waals surface area contributed by atoms with Crippen molar-refractivity contribution in [1.29, 1.82) is 0 Å². The van der Waals surface area contributed by atoms with Crippen LogP contribution in [0.15, 0.2) is 86.7 Å². The van der Waals surface area contributed by atoms with E-state index in [1.807, 2.05) is 48.2 Å². The lowest BCUT2D eigenvalue weighted by atomic mass is 9.96. The molecule has 1 aliphatic rings. The van der Waals surface area contributed by atoms with Crippen LogP contribution in [0.5, 0.6) is 0 Å². The SMILES string of the molecule is Cc1cc(CSc2ccccc2)ccc1NC(=O)C1CCCN(Cc2nc(-c3cccc(Br)c3)no2)C1. The number of likely N-dealkylation sites (tertiary alicyclic amines) is 1. The number of nitrogens with zero attached hydrogens (tertiary/aromatic N) is 3. The zero-order chi connectivity index (χ0) is 25.6. The Morgan fingerprint density at radius 1 is 1.14 bits per heavy atom. The summed E-state index contributed by atoms with van der Waals surface area (Å²) >= 11 is 5.29. The van der Waals surface area contributed by atoms with Gasteiger partial charge in [-0.1, -0.05) is 63.6 Å². The molecule has 2 heterocycles. The van der Waals surface area contributed by atoms with Gasteiger partial charge in [0, 0.05) is 32.9 Å². The molecule has 0 spiro atoms. The first-order valence-electron chi connectivity index (χ1n) is 12.4. The zero-order valence-corrected chi connectivity index (χ0v) is 23.1. The number of thioether (sulfide) groups is 1. The Morgan fingerprint density at radius 2 is 2.00 bits per heavy atom. The number of hydrogen-bond acceptors (Lipinski definition) is 6. The van der Waals surface area contributed by atoms with Crippen molar-refractivity contribution in [3.63, 3.8) is 0 Å². The second-order valence-corrected chi connectivity index (χ2v) is 11.3. The Morgan fingerprint density at radius 3 is 2.81 bits per heavy atom. The molecule has 37 heavy (non-hydrogen) atoms. The van der Waals surface area contributed by atoms with Crippen LogP contribution >= 0.6 is 27.7 Å². The summed E-state index contributed by atoms with van der Waals surface area (Å²) in [5.74, 6) is 2.03. The zero-order valence-electron chi connectivity index (χ0n) is 20.7. The fourth-order valence-corrected chi connectivity index (χ4v) is 5.80. The molecule has 1 aromatic heterocycles. The molecule has 0 bridgehead atoms. The molecule has 1 saturated heterocycles. The number of carbonyl (C=O) groups is 1. The Bertz CT molecular complexity index is 1360. The quantitative estimate of drug-likeness (QED) is 0.229. The number of amides is 1. The van der Waals surface area contributed by atoms with Crippen molar-refractivity contribution in [2.45, 2.75) is 37.0 Å². The van der Waals surface area contributed by atoms with E-state index in [0.717, 1.165) is 46.4 Å². The number of carbonyl (C=O) groups excluding carboxylic acids is 1. The first kappa shape index (κ1) is 25.7. The highest BCUT2D eigenvalue weighted by atomic mass is 79.9. The van der Waals surface area contributed by atoms with E-state index >= 15 is 0 Å². The van der Waals surface area contributed by atoms with Gasteiger partial charge in [-0.2, -0.15) is 4.98 Å². The Hall–Kier alpha value is -2.94. The summed E-state index contributed by atoms with van der Waals surface area (Å²) in [5, 5.41) is 7.30. The first-order chi connectivity index (χ1) is 18.0. The average Bonchev–Trinajstić information content (AvgIpc) is 3.38. The van der Waals surface area contributed by atoms with Crippen LogP contribution < -0.4 is 5.32 Å². The standard InChI is InChI=1S/C29H29BrN4O2S/c1-20-15-21(19-37-25-10-3-2-4-11-25)12-13-26(20)31-29(35)23-8-6-14-34(17-23)18-27-32-28(33-36-27)22-7-5-9-24(30)16-22/h2-5,7,9-13,15-16,23H,6,8,14,17-19H2,1H3,(H,31,35). The summed E-state index contributed by atoms with van der Waals surface area (Å²) in [6, 6.07) is 24.5. The smallest absolute Gasteiger partial charge is 0.241 e. The summed E-state index contributed by atoms with van der Waals surface area (Å²) in [7, 11) is 0. The van der Waals surface area contributed by atoms with Crippen LogP contribution in [0.2, 0.25) is 0 Å². The number of hydrogen-bond donors (Lipinski definition) is 1. The Balaban J connectivity index is 1.15. The van der Waals surface area contributed by atoms with Crippen LogP contribution in [0.4, 0.5) is 5.69 Å². The van der Waals surface area contributed by atoms with Gasteiger partial charge in [0.2, 0.25) is 17.6 Å². The lowest BCUT2D eigenvalue weighted by Gasteiger charge is -2.31. The molecule has 0 aliphatic carbocycles. The van der Waals surface area contributed by atoms with Crippen LogP contribution in [-0.2, 0) is 17.1 Å². The second kappa shape index (κ2) is 12.1. The number of nitrogens with one attached hydrogen (secondary N) is 1. The Labute approximate surface area is 230 Å². The number of halogens is 1. The molecule has 1 aliphatic heterocycles. The number of piperidine rings is 1. The summed E-state index contributed by atoms with van der Waals surface area (Å²) in [6.07, 6.45) is 1.83. The van der Waals surface area contributed by atoms with E-state index in [1.54, 1.807) is 0 Å². The number of aryl methyl sites for hydroxylation is 1. The molecule has 5 rings (SSSR count). The highest BCUT2D eigenvalue weighted by Gasteiger charge is 2.27. The van der Waals surface area contributed by atoms with Crippen LogP contribution in [0.25, 0.3) is 11.4 Å². The van der Waals surface area contributed by atoms with Gasteiger partial charge in [0.25, 0.3) is 0 Å². The van der Waals surface area contributed by atoms with Crippen molar-refractivity contribution in [3.8, 4) is 11.4 Å². The maximum Gasteiger partial charge on any atom is 0.241 e. The topological polar surface area (TPSA) is 71.3 Å². The predicted octanol–water partition coefficient (Wildman–Crippen LogP) is 6.95. The third kappa shape index (κ3) is 6.89. The van der Waals surface area contributed by atoms with Crippen molar-refractivity contribution in [3.05, 3.63) is 94.3 Å². The summed E-state index contributed by atoms with van der Waals surface area (Å²) in [4.78, 5) is 21.2. The monoisotopic (exact) mass is 576 g/mol. The summed E-state index contributed by atoms with van der Waals surface area (Å²) < 4.78 is 6.48. The van der Waals surface area contributed by atoms with Gasteiger partial charge in [-0.15, -0.1) is 11.8 Å². The number of anilines is 1. The minimum Gasteiger partial charge on any atom is -0.338 e. The van der Waals surface area contributed by atoms with Crippen molar-refractivity contribution >= 4 is 39.3 Å². The average molecular weight is 578 g/mol. The van der Waals surface area contributed by atoms with E-state index in [-0.39, 0.29) is 11.8 Å². The normalized spacial score (nSPS) is 16.0. The van der Waals surface area contributed by atoms with E-state index in [4.69, 9.17) is 4.52 Å². The molecule has 1 amide bonds. The van der Waals surface area contributed by atoms with E-state index in [1.165, 1.54) is 10.5 Å². The van der Waals surface area contributed by atoms with Gasteiger partial charge in [0.05, 0.1) is 12.5 Å². The lowest BCUT2D eigenvalue weighted by molar-refractivity contribution is -0.121. The van der Waals surface area contributed by atoms with Crippen molar-refractivity contribution in [2.75, 3.05) is 18.4 Å². The van der Waals surface area contributed by atoms with Crippen LogP contribution in [0.1, 0.15) is 29.9 Å². The molecule has 8 heteroatoms. The molecule has 190 valence electrons. The molecule has 3 aromatic carbocycles. The van der Waals surface area contributed by atoms with Gasteiger partial charge in [-0.25, -0.2) is 0 Å². The fourth-order valence-electron chi connectivity index (χ4n) is 4.54. The summed E-state index contributed by atoms with van der Waals surface area (Å²) in [5.41, 5.74) is 4.11. The lowest BCUT2D eigenvalue weighted by Crippen LogP contribution is -2.40. The first-order valence-corrected chi connectivity index (χ1v) is 14.2. The van der Waals surface area contributed by atoms with Gasteiger partial charge in [0.1, 0.15) is 0 Å². The van der Waals surface area contributed by atoms with Crippen LogP contribution in [-0.4, -0.2) is 34.0 Å². The third-order valence-electron chi connectivity index (χ3n) is 6.48. The van der Waals surface area contributed by atoms with E-state index in [2.05, 4.69) is 79.6 Å². The van der Waals surface area contributed by atoms with Crippen LogP contribution in [0.3, 0.4) is 0 Å². The molecule has 1 atom stereocenters. The molecule has 1 unspecified atom stereocenters. The maximum absolute atomic E-state index is 13.1. The van der Waals surface area contributed by atoms with E-state index in [0.29, 0.717) is 24.8 Å². The predicted molar refractivity (Wildman–Crippen MR) is 151 cm³/mol. The minimum absolute atomic E-state index is 0.0690. The van der Waals surface area contributed by atoms with E-state index in [9.17, 15) is 4.79 Å². The highest BCUT2D eigenvalue weighted by Crippen LogP contribution is 2.27. The number of aromatic nitrogens is 2. The number of rotatable bonds is 8. The molecule has 6 nitrogen and oxygen atoms in total. The van der Waals surface area contributed by atoms with Crippen molar-refractivity contribution in [2.24, 2.45) is 5.92 Å². The highest BCUT2D eigenvalue weighted by molar-refractivity contribution is 9.10. The van der Waals surface area contributed by atoms with Gasteiger partial charge in [-0.3, -0.25) is 9.69 Å². The molecule has 0 saturated carbocycles. The van der Waals surface area contributed by atoms with E-state index < -0.39 is 0 Å².